The standard InChI is InChI=1S/C8H11NS/c1-2-8(9-4-1)7-3-5-10-6-7/h3,5-6,8-9H,1-2,4H2/t8-/m0/s1. The Balaban J connectivity index is 2.12. The molecule has 1 aromatic heterocycles. The largest absolute Gasteiger partial charge is 0.310 e. The lowest BCUT2D eigenvalue weighted by Crippen LogP contribution is -2.11. The van der Waals surface area contributed by atoms with Crippen LogP contribution in [0.3, 0.4) is 0 Å². The first kappa shape index (κ1) is 6.38. The minimum Gasteiger partial charge on any atom is -0.310 e. The minimum absolute atomic E-state index is 0.659. The van der Waals surface area contributed by atoms with E-state index in [4.69, 9.17) is 0 Å². The van der Waals surface area contributed by atoms with Crippen LogP contribution in [0.15, 0.2) is 16.8 Å². The Labute approximate surface area is 65.1 Å². The van der Waals surface area contributed by atoms with Crippen molar-refractivity contribution < 1.29 is 0 Å². The van der Waals surface area contributed by atoms with E-state index in [1.54, 1.807) is 11.3 Å². The average molecular weight is 153 g/mol. The zero-order chi connectivity index (χ0) is 6.81. The van der Waals surface area contributed by atoms with E-state index in [1.807, 2.05) is 0 Å². The smallest absolute Gasteiger partial charge is 0.0328 e. The molecule has 0 radical (unpaired) electrons. The molecular formula is C8H11NS. The van der Waals surface area contributed by atoms with Gasteiger partial charge in [0, 0.05) is 6.04 Å². The quantitative estimate of drug-likeness (QED) is 0.652. The number of hydrogen-bond donors (Lipinski definition) is 1. The van der Waals surface area contributed by atoms with Crippen LogP contribution in [-0.4, -0.2) is 6.54 Å². The van der Waals surface area contributed by atoms with Gasteiger partial charge in [0.25, 0.3) is 0 Å². The van der Waals surface area contributed by atoms with Crippen LogP contribution in [0.5, 0.6) is 0 Å². The van der Waals surface area contributed by atoms with Crippen molar-refractivity contribution in [1.82, 2.24) is 5.32 Å². The summed E-state index contributed by atoms with van der Waals surface area (Å²) in [7, 11) is 0. The lowest BCUT2D eigenvalue weighted by molar-refractivity contribution is 0.650. The van der Waals surface area contributed by atoms with Crippen molar-refractivity contribution in [1.29, 1.82) is 0 Å². The van der Waals surface area contributed by atoms with Gasteiger partial charge in [-0.05, 0) is 41.8 Å². The molecule has 1 saturated heterocycles. The molecule has 0 bridgehead atoms. The summed E-state index contributed by atoms with van der Waals surface area (Å²) < 4.78 is 0. The summed E-state index contributed by atoms with van der Waals surface area (Å²) in [5.74, 6) is 0. The van der Waals surface area contributed by atoms with Gasteiger partial charge in [0.1, 0.15) is 0 Å². The first-order valence-electron chi connectivity index (χ1n) is 3.72. The van der Waals surface area contributed by atoms with Crippen LogP contribution in [0, 0.1) is 0 Å². The Kier molecular flexibility index (Phi) is 1.74. The maximum absolute atomic E-state index is 3.47. The summed E-state index contributed by atoms with van der Waals surface area (Å²) in [5.41, 5.74) is 1.47. The predicted octanol–water partition coefficient (Wildman–Crippen LogP) is 2.17. The van der Waals surface area contributed by atoms with Crippen LogP contribution in [0.2, 0.25) is 0 Å². The van der Waals surface area contributed by atoms with E-state index in [0.717, 1.165) is 0 Å². The molecule has 0 saturated carbocycles. The van der Waals surface area contributed by atoms with Crippen molar-refractivity contribution in [2.45, 2.75) is 18.9 Å². The van der Waals surface area contributed by atoms with Gasteiger partial charge in [0.2, 0.25) is 0 Å². The summed E-state index contributed by atoms with van der Waals surface area (Å²) in [5, 5.41) is 7.85. The van der Waals surface area contributed by atoms with Gasteiger partial charge >= 0.3 is 0 Å². The number of thiophene rings is 1. The molecule has 1 N–H and O–H groups in total. The molecule has 54 valence electrons. The molecule has 0 aliphatic carbocycles. The van der Waals surface area contributed by atoms with Gasteiger partial charge in [-0.25, -0.2) is 0 Å². The number of rotatable bonds is 1. The minimum atomic E-state index is 0.659. The zero-order valence-corrected chi connectivity index (χ0v) is 6.66. The zero-order valence-electron chi connectivity index (χ0n) is 5.84. The van der Waals surface area contributed by atoms with Crippen molar-refractivity contribution in [3.8, 4) is 0 Å². The molecule has 0 aromatic carbocycles. The van der Waals surface area contributed by atoms with E-state index in [2.05, 4.69) is 22.1 Å². The molecule has 1 aliphatic heterocycles. The normalized spacial score (nSPS) is 25.4. The third kappa shape index (κ3) is 1.09. The summed E-state index contributed by atoms with van der Waals surface area (Å²) in [4.78, 5) is 0. The topological polar surface area (TPSA) is 12.0 Å². The number of hydrogen-bond acceptors (Lipinski definition) is 2. The van der Waals surface area contributed by atoms with Crippen LogP contribution in [0.1, 0.15) is 24.4 Å². The highest BCUT2D eigenvalue weighted by Gasteiger charge is 2.15. The Morgan fingerprint density at radius 1 is 1.60 bits per heavy atom. The molecule has 10 heavy (non-hydrogen) atoms. The predicted molar refractivity (Wildman–Crippen MR) is 44.3 cm³/mol. The molecule has 0 amide bonds. The molecule has 2 heteroatoms. The highest BCUT2D eigenvalue weighted by Crippen LogP contribution is 2.24. The molecule has 1 aromatic rings. The maximum Gasteiger partial charge on any atom is 0.0328 e. The van der Waals surface area contributed by atoms with Gasteiger partial charge in [-0.1, -0.05) is 0 Å². The van der Waals surface area contributed by atoms with Gasteiger partial charge in [0.05, 0.1) is 0 Å². The Hall–Kier alpha value is -0.340. The van der Waals surface area contributed by atoms with E-state index < -0.39 is 0 Å². The first-order chi connectivity index (χ1) is 4.97. The van der Waals surface area contributed by atoms with Crippen molar-refractivity contribution in [2.75, 3.05) is 6.54 Å². The molecule has 0 spiro atoms. The van der Waals surface area contributed by atoms with E-state index in [-0.39, 0.29) is 0 Å². The lowest BCUT2D eigenvalue weighted by atomic mass is 10.1. The van der Waals surface area contributed by atoms with Gasteiger partial charge in [-0.15, -0.1) is 0 Å². The second-order valence-electron chi connectivity index (χ2n) is 2.71. The molecule has 2 heterocycles. The van der Waals surface area contributed by atoms with Gasteiger partial charge in [0.15, 0.2) is 0 Å². The van der Waals surface area contributed by atoms with Crippen molar-refractivity contribution in [2.24, 2.45) is 0 Å². The SMILES string of the molecule is c1cc([C@@H]2CCCN2)cs1. The maximum atomic E-state index is 3.47. The summed E-state index contributed by atoms with van der Waals surface area (Å²) in [6.07, 6.45) is 2.65. The van der Waals surface area contributed by atoms with Crippen LogP contribution < -0.4 is 5.32 Å². The molecule has 1 nitrogen and oxygen atoms in total. The first-order valence-corrected chi connectivity index (χ1v) is 4.66. The summed E-state index contributed by atoms with van der Waals surface area (Å²) in [6.45, 7) is 1.19. The van der Waals surface area contributed by atoms with Crippen LogP contribution >= 0.6 is 11.3 Å². The van der Waals surface area contributed by atoms with E-state index in [0.29, 0.717) is 6.04 Å². The fraction of sp³-hybridized carbons (Fsp3) is 0.500. The molecule has 2 rings (SSSR count). The van der Waals surface area contributed by atoms with Gasteiger partial charge < -0.3 is 5.32 Å². The summed E-state index contributed by atoms with van der Waals surface area (Å²) in [6, 6.07) is 2.87. The molecular weight excluding hydrogens is 142 g/mol. The Morgan fingerprint density at radius 3 is 3.20 bits per heavy atom. The van der Waals surface area contributed by atoms with Crippen molar-refractivity contribution >= 4 is 11.3 Å². The monoisotopic (exact) mass is 153 g/mol. The second-order valence-corrected chi connectivity index (χ2v) is 3.49. The number of nitrogens with one attached hydrogen (secondary N) is 1. The van der Waals surface area contributed by atoms with Crippen LogP contribution in [-0.2, 0) is 0 Å². The van der Waals surface area contributed by atoms with E-state index in [9.17, 15) is 0 Å². The molecule has 0 unspecified atom stereocenters. The van der Waals surface area contributed by atoms with Crippen molar-refractivity contribution in [3.05, 3.63) is 22.4 Å². The second kappa shape index (κ2) is 2.72. The lowest BCUT2D eigenvalue weighted by Gasteiger charge is -2.05. The Bertz CT molecular complexity index is 187. The molecule has 1 atom stereocenters. The third-order valence-electron chi connectivity index (χ3n) is 2.01. The fourth-order valence-electron chi connectivity index (χ4n) is 1.44. The van der Waals surface area contributed by atoms with Gasteiger partial charge in [-0.3, -0.25) is 0 Å². The Morgan fingerprint density at radius 2 is 2.60 bits per heavy atom. The molecule has 1 aliphatic rings. The highest BCUT2D eigenvalue weighted by atomic mass is 32.1. The molecule has 1 fully saturated rings. The fourth-order valence-corrected chi connectivity index (χ4v) is 2.16. The van der Waals surface area contributed by atoms with Crippen LogP contribution in [0.25, 0.3) is 0 Å². The van der Waals surface area contributed by atoms with Crippen LogP contribution in [0.4, 0.5) is 0 Å². The van der Waals surface area contributed by atoms with Gasteiger partial charge in [-0.2, -0.15) is 11.3 Å². The van der Waals surface area contributed by atoms with E-state index in [1.165, 1.54) is 24.9 Å². The average Bonchev–Trinajstić information content (AvgIpc) is 2.59. The summed E-state index contributed by atoms with van der Waals surface area (Å²) >= 11 is 1.79. The highest BCUT2D eigenvalue weighted by molar-refractivity contribution is 7.07. The third-order valence-corrected chi connectivity index (χ3v) is 2.71. The van der Waals surface area contributed by atoms with Crippen molar-refractivity contribution in [3.63, 3.8) is 0 Å². The van der Waals surface area contributed by atoms with E-state index >= 15 is 0 Å².